The summed E-state index contributed by atoms with van der Waals surface area (Å²) in [4.78, 5) is 2.51. The van der Waals surface area contributed by atoms with Crippen molar-refractivity contribution in [3.63, 3.8) is 0 Å². The van der Waals surface area contributed by atoms with E-state index in [-0.39, 0.29) is 17.1 Å². The lowest BCUT2D eigenvalue weighted by molar-refractivity contribution is 0.625. The third kappa shape index (κ3) is 2.67. The van der Waals surface area contributed by atoms with E-state index < -0.39 is 5.82 Å². The summed E-state index contributed by atoms with van der Waals surface area (Å²) in [5.41, 5.74) is 8.16. The summed E-state index contributed by atoms with van der Waals surface area (Å²) < 4.78 is 13.2. The minimum atomic E-state index is -0.553. The Kier molecular flexibility index (Phi) is 3.81. The average Bonchev–Trinajstić information content (AvgIpc) is 2.19. The van der Waals surface area contributed by atoms with Gasteiger partial charge in [-0.2, -0.15) is 0 Å². The maximum absolute atomic E-state index is 13.2. The highest BCUT2D eigenvalue weighted by Gasteiger charge is 2.02. The van der Waals surface area contributed by atoms with E-state index >= 15 is 0 Å². The summed E-state index contributed by atoms with van der Waals surface area (Å²) in [5.74, 6) is 4.46. The normalized spacial score (nSPS) is 8.43. The fourth-order valence-corrected chi connectivity index (χ4v) is 0.977. The smallest absolute Gasteiger partial charge is 0.157 e. The van der Waals surface area contributed by atoms with Gasteiger partial charge in [-0.15, -0.1) is 0 Å². The number of rotatable bonds is 1. The molecule has 0 aliphatic heterocycles. The zero-order valence-corrected chi connectivity index (χ0v) is 7.79. The van der Waals surface area contributed by atoms with Crippen LogP contribution in [0.4, 0.5) is 4.39 Å². The van der Waals surface area contributed by atoms with E-state index in [1.807, 2.05) is 0 Å². The molecule has 0 aromatic heterocycles. The molecule has 3 nitrogen and oxygen atoms in total. The van der Waals surface area contributed by atoms with Crippen LogP contribution in [0.5, 0.6) is 0 Å². The molecule has 0 aliphatic rings. The summed E-state index contributed by atoms with van der Waals surface area (Å²) >= 11 is 5.53. The Morgan fingerprint density at radius 3 is 3.07 bits per heavy atom. The molecule has 0 atom stereocenters. The molecular weight excluding hydrogens is 205 g/mol. The highest BCUT2D eigenvalue weighted by Crippen LogP contribution is 2.16. The fourth-order valence-electron chi connectivity index (χ4n) is 0.802. The highest BCUT2D eigenvalue weighted by molar-refractivity contribution is 6.30. The number of hydrogen-bond donors (Lipinski definition) is 0. The van der Waals surface area contributed by atoms with Gasteiger partial charge < -0.3 is 0 Å². The molecule has 1 aromatic rings. The molecular formula is C9H5ClFN3. The quantitative estimate of drug-likeness (QED) is 0.295. The molecule has 0 fully saturated rings. The first-order valence-corrected chi connectivity index (χ1v) is 4.07. The van der Waals surface area contributed by atoms with Gasteiger partial charge in [0.1, 0.15) is 0 Å². The molecule has 14 heavy (non-hydrogen) atoms. The van der Waals surface area contributed by atoms with Crippen molar-refractivity contribution in [1.29, 1.82) is 0 Å². The maximum Gasteiger partial charge on any atom is 0.157 e. The van der Waals surface area contributed by atoms with E-state index in [0.717, 1.165) is 0 Å². The zero-order chi connectivity index (χ0) is 10.4. The van der Waals surface area contributed by atoms with Gasteiger partial charge in [0.2, 0.25) is 0 Å². The molecule has 0 aliphatic carbocycles. The van der Waals surface area contributed by atoms with E-state index in [1.54, 1.807) is 6.07 Å². The number of benzene rings is 1. The minimum Gasteiger partial charge on any atom is -0.204 e. The minimum absolute atomic E-state index is 0.0163. The van der Waals surface area contributed by atoms with Crippen molar-refractivity contribution in [1.82, 2.24) is 0 Å². The molecule has 0 spiro atoms. The third-order valence-electron chi connectivity index (χ3n) is 1.39. The van der Waals surface area contributed by atoms with E-state index in [9.17, 15) is 4.39 Å². The molecule has 70 valence electrons. The van der Waals surface area contributed by atoms with Gasteiger partial charge in [-0.05, 0) is 17.7 Å². The van der Waals surface area contributed by atoms with Crippen molar-refractivity contribution in [2.45, 2.75) is 0 Å². The molecule has 0 saturated heterocycles. The lowest BCUT2D eigenvalue weighted by Crippen LogP contribution is -1.84. The lowest BCUT2D eigenvalue weighted by Gasteiger charge is -1.94. The monoisotopic (exact) mass is 209 g/mol. The van der Waals surface area contributed by atoms with E-state index in [0.29, 0.717) is 0 Å². The SMILES string of the molecule is [N-]=[N+]=NCC#Cc1cccc(Cl)c1F. The molecule has 1 aromatic carbocycles. The van der Waals surface area contributed by atoms with Crippen LogP contribution in [0, 0.1) is 17.7 Å². The molecule has 0 amide bonds. The van der Waals surface area contributed by atoms with Crippen LogP contribution >= 0.6 is 11.6 Å². The Hall–Kier alpha value is -1.69. The topological polar surface area (TPSA) is 48.8 Å². The maximum atomic E-state index is 13.2. The van der Waals surface area contributed by atoms with Crippen molar-refractivity contribution < 1.29 is 4.39 Å². The first-order valence-electron chi connectivity index (χ1n) is 3.69. The number of hydrogen-bond acceptors (Lipinski definition) is 1. The van der Waals surface area contributed by atoms with Crippen molar-refractivity contribution in [3.05, 3.63) is 45.0 Å². The highest BCUT2D eigenvalue weighted by atomic mass is 35.5. The first-order chi connectivity index (χ1) is 6.75. The van der Waals surface area contributed by atoms with Crippen molar-refractivity contribution in [3.8, 4) is 11.8 Å². The predicted octanol–water partition coefficient (Wildman–Crippen LogP) is 3.14. The number of azide groups is 1. The Morgan fingerprint density at radius 1 is 1.57 bits per heavy atom. The van der Waals surface area contributed by atoms with Crippen LogP contribution in [0.1, 0.15) is 5.56 Å². The molecule has 0 saturated carbocycles. The van der Waals surface area contributed by atoms with Crippen LogP contribution in [-0.4, -0.2) is 6.54 Å². The Balaban J connectivity index is 2.89. The van der Waals surface area contributed by atoms with Crippen LogP contribution in [0.2, 0.25) is 5.02 Å². The molecule has 0 N–H and O–H groups in total. The number of nitrogens with zero attached hydrogens (tertiary/aromatic N) is 3. The summed E-state index contributed by atoms with van der Waals surface area (Å²) in [6.45, 7) is 0.0163. The van der Waals surface area contributed by atoms with Gasteiger partial charge in [0.25, 0.3) is 0 Å². The molecule has 0 heterocycles. The second-order valence-corrected chi connectivity index (χ2v) is 2.70. The van der Waals surface area contributed by atoms with E-state index in [1.165, 1.54) is 12.1 Å². The molecule has 0 unspecified atom stereocenters. The summed E-state index contributed by atoms with van der Waals surface area (Å²) in [6.07, 6.45) is 0. The van der Waals surface area contributed by atoms with Crippen LogP contribution in [0.3, 0.4) is 0 Å². The van der Waals surface area contributed by atoms with Gasteiger partial charge in [-0.3, -0.25) is 0 Å². The van der Waals surface area contributed by atoms with Gasteiger partial charge in [-0.25, -0.2) is 4.39 Å². The standard InChI is InChI=1S/C9H5ClFN3/c10-8-5-1-3-7(9(8)11)4-2-6-13-14-12/h1,3,5H,6H2. The molecule has 0 radical (unpaired) electrons. The van der Waals surface area contributed by atoms with Crippen molar-refractivity contribution >= 4 is 11.6 Å². The van der Waals surface area contributed by atoms with Gasteiger partial charge in [0, 0.05) is 4.91 Å². The van der Waals surface area contributed by atoms with Gasteiger partial charge in [-0.1, -0.05) is 34.6 Å². The van der Waals surface area contributed by atoms with Crippen molar-refractivity contribution in [2.24, 2.45) is 5.11 Å². The Bertz CT molecular complexity index is 441. The molecule has 5 heteroatoms. The van der Waals surface area contributed by atoms with Crippen LogP contribution in [0.15, 0.2) is 23.3 Å². The van der Waals surface area contributed by atoms with Crippen LogP contribution in [-0.2, 0) is 0 Å². The second kappa shape index (κ2) is 5.13. The van der Waals surface area contributed by atoms with Crippen LogP contribution < -0.4 is 0 Å². The van der Waals surface area contributed by atoms with Crippen LogP contribution in [0.25, 0.3) is 10.4 Å². The largest absolute Gasteiger partial charge is 0.204 e. The van der Waals surface area contributed by atoms with E-state index in [4.69, 9.17) is 17.1 Å². The second-order valence-electron chi connectivity index (χ2n) is 2.29. The Labute approximate surface area is 85.1 Å². The Morgan fingerprint density at radius 2 is 2.36 bits per heavy atom. The molecule has 1 rings (SSSR count). The first kappa shape index (κ1) is 10.4. The molecule has 0 bridgehead atoms. The summed E-state index contributed by atoms with van der Waals surface area (Å²) in [5, 5.41) is 3.22. The van der Waals surface area contributed by atoms with Gasteiger partial charge >= 0.3 is 0 Å². The fraction of sp³-hybridized carbons (Fsp3) is 0.111. The predicted molar refractivity (Wildman–Crippen MR) is 52.3 cm³/mol. The number of halogens is 2. The summed E-state index contributed by atoms with van der Waals surface area (Å²) in [7, 11) is 0. The van der Waals surface area contributed by atoms with Gasteiger partial charge in [0.15, 0.2) is 5.82 Å². The summed E-state index contributed by atoms with van der Waals surface area (Å²) in [6, 6.07) is 4.54. The third-order valence-corrected chi connectivity index (χ3v) is 1.68. The average molecular weight is 210 g/mol. The lowest BCUT2D eigenvalue weighted by atomic mass is 10.2. The van der Waals surface area contributed by atoms with Crippen molar-refractivity contribution in [2.75, 3.05) is 6.54 Å². The van der Waals surface area contributed by atoms with Gasteiger partial charge in [0.05, 0.1) is 17.1 Å². The van der Waals surface area contributed by atoms with E-state index in [2.05, 4.69) is 21.9 Å². The zero-order valence-electron chi connectivity index (χ0n) is 7.04.